The van der Waals surface area contributed by atoms with E-state index >= 15 is 0 Å². The number of aromatic nitrogens is 2. The fourth-order valence-electron chi connectivity index (χ4n) is 1.52. The predicted octanol–water partition coefficient (Wildman–Crippen LogP) is 2.03. The first-order valence-electron chi connectivity index (χ1n) is 4.98. The number of carbonyl (C=O) groups excluding carboxylic acids is 2. The van der Waals surface area contributed by atoms with Gasteiger partial charge in [0.15, 0.2) is 0 Å². The van der Waals surface area contributed by atoms with E-state index < -0.39 is 11.6 Å². The lowest BCUT2D eigenvalue weighted by Crippen LogP contribution is -2.15. The van der Waals surface area contributed by atoms with Crippen molar-refractivity contribution in [3.05, 3.63) is 47.0 Å². The average Bonchev–Trinajstić information content (AvgIpc) is 2.85. The monoisotopic (exact) mass is 216 g/mol. The topological polar surface area (TPSA) is 65.7 Å². The quantitative estimate of drug-likeness (QED) is 0.609. The molecule has 4 heteroatoms. The second kappa shape index (κ2) is 3.81. The minimum atomic E-state index is -0.519. The minimum absolute atomic E-state index is 0.328. The van der Waals surface area contributed by atoms with Gasteiger partial charge in [0.1, 0.15) is 0 Å². The number of ketones is 2. The number of hydrogen-bond donors (Lipinski definition) is 2. The van der Waals surface area contributed by atoms with E-state index in [1.807, 2.05) is 13.8 Å². The van der Waals surface area contributed by atoms with Crippen molar-refractivity contribution in [2.75, 3.05) is 0 Å². The van der Waals surface area contributed by atoms with Gasteiger partial charge in [0.2, 0.25) is 0 Å². The summed E-state index contributed by atoms with van der Waals surface area (Å²) in [6.45, 7) is 3.67. The van der Waals surface area contributed by atoms with Crippen molar-refractivity contribution in [2.45, 2.75) is 13.8 Å². The summed E-state index contributed by atoms with van der Waals surface area (Å²) >= 11 is 0. The second-order valence-corrected chi connectivity index (χ2v) is 3.77. The Morgan fingerprint density at radius 2 is 1.19 bits per heavy atom. The number of nitrogens with one attached hydrogen (secondary N) is 2. The molecule has 0 saturated carbocycles. The van der Waals surface area contributed by atoms with Gasteiger partial charge in [-0.25, -0.2) is 0 Å². The summed E-state index contributed by atoms with van der Waals surface area (Å²) in [5, 5.41) is 0. The maximum Gasteiger partial charge on any atom is 0.251 e. The molecule has 4 nitrogen and oxygen atoms in total. The lowest BCUT2D eigenvalue weighted by molar-refractivity contribution is 0.0812. The summed E-state index contributed by atoms with van der Waals surface area (Å²) in [6, 6.07) is 6.76. The molecular formula is C12H12N2O2. The summed E-state index contributed by atoms with van der Waals surface area (Å²) in [7, 11) is 0. The van der Waals surface area contributed by atoms with E-state index in [0.717, 1.165) is 11.4 Å². The molecular weight excluding hydrogens is 204 g/mol. The van der Waals surface area contributed by atoms with Crippen LogP contribution < -0.4 is 0 Å². The summed E-state index contributed by atoms with van der Waals surface area (Å²) in [5.41, 5.74) is 2.38. The third kappa shape index (κ3) is 1.82. The van der Waals surface area contributed by atoms with E-state index in [0.29, 0.717) is 11.4 Å². The van der Waals surface area contributed by atoms with Crippen LogP contribution in [-0.4, -0.2) is 21.5 Å². The number of Topliss-reactive ketones (excluding diaryl/α,β-unsaturated/α-hetero) is 2. The lowest BCUT2D eigenvalue weighted by Gasteiger charge is -1.95. The lowest BCUT2D eigenvalue weighted by atomic mass is 10.1. The fraction of sp³-hybridized carbons (Fsp3) is 0.167. The standard InChI is InChI=1S/C12H12N2O2/c1-7-3-5-9(13-7)11(15)12(16)10-6-4-8(2)14-10/h3-6,13-14H,1-2H3. The van der Waals surface area contributed by atoms with Gasteiger partial charge in [-0.3, -0.25) is 9.59 Å². The zero-order valence-electron chi connectivity index (χ0n) is 9.13. The van der Waals surface area contributed by atoms with Crippen LogP contribution in [0.4, 0.5) is 0 Å². The highest BCUT2D eigenvalue weighted by atomic mass is 16.2. The third-order valence-corrected chi connectivity index (χ3v) is 2.36. The van der Waals surface area contributed by atoms with Gasteiger partial charge in [0, 0.05) is 11.4 Å². The summed E-state index contributed by atoms with van der Waals surface area (Å²) in [5.74, 6) is -1.04. The summed E-state index contributed by atoms with van der Waals surface area (Å²) in [6.07, 6.45) is 0. The number of aryl methyl sites for hydroxylation is 2. The average molecular weight is 216 g/mol. The fourth-order valence-corrected chi connectivity index (χ4v) is 1.52. The highest BCUT2D eigenvalue weighted by Gasteiger charge is 2.20. The maximum atomic E-state index is 11.8. The molecule has 0 fully saturated rings. The molecule has 0 atom stereocenters. The number of hydrogen-bond acceptors (Lipinski definition) is 2. The van der Waals surface area contributed by atoms with Gasteiger partial charge in [-0.15, -0.1) is 0 Å². The zero-order valence-corrected chi connectivity index (χ0v) is 9.13. The van der Waals surface area contributed by atoms with Crippen molar-refractivity contribution >= 4 is 11.6 Å². The van der Waals surface area contributed by atoms with Gasteiger partial charge in [-0.1, -0.05) is 0 Å². The van der Waals surface area contributed by atoms with Crippen LogP contribution in [0, 0.1) is 13.8 Å². The van der Waals surface area contributed by atoms with Crippen LogP contribution >= 0.6 is 0 Å². The number of aromatic amines is 2. The van der Waals surface area contributed by atoms with Crippen LogP contribution in [0.1, 0.15) is 32.4 Å². The van der Waals surface area contributed by atoms with Gasteiger partial charge < -0.3 is 9.97 Å². The van der Waals surface area contributed by atoms with Crippen molar-refractivity contribution in [3.8, 4) is 0 Å². The molecule has 2 aromatic rings. The van der Waals surface area contributed by atoms with Crippen LogP contribution in [-0.2, 0) is 0 Å². The Morgan fingerprint density at radius 1 is 0.812 bits per heavy atom. The summed E-state index contributed by atoms with van der Waals surface area (Å²) in [4.78, 5) is 29.2. The molecule has 0 spiro atoms. The van der Waals surface area contributed by atoms with Crippen LogP contribution in [0.3, 0.4) is 0 Å². The maximum absolute atomic E-state index is 11.8. The second-order valence-electron chi connectivity index (χ2n) is 3.77. The number of H-pyrrole nitrogens is 2. The van der Waals surface area contributed by atoms with Gasteiger partial charge >= 0.3 is 0 Å². The van der Waals surface area contributed by atoms with E-state index in [1.54, 1.807) is 24.3 Å². The molecule has 0 aliphatic heterocycles. The molecule has 0 aliphatic rings. The Hall–Kier alpha value is -2.10. The molecule has 0 radical (unpaired) electrons. The molecule has 16 heavy (non-hydrogen) atoms. The molecule has 2 rings (SSSR count). The first-order chi connectivity index (χ1) is 7.58. The predicted molar refractivity (Wildman–Crippen MR) is 59.7 cm³/mol. The molecule has 2 N–H and O–H groups in total. The van der Waals surface area contributed by atoms with Crippen LogP contribution in [0.25, 0.3) is 0 Å². The van der Waals surface area contributed by atoms with Gasteiger partial charge in [-0.05, 0) is 38.1 Å². The molecule has 0 aliphatic carbocycles. The van der Waals surface area contributed by atoms with E-state index in [2.05, 4.69) is 9.97 Å². The van der Waals surface area contributed by atoms with Crippen molar-refractivity contribution in [3.63, 3.8) is 0 Å². The number of rotatable bonds is 3. The van der Waals surface area contributed by atoms with Crippen molar-refractivity contribution in [1.29, 1.82) is 0 Å². The minimum Gasteiger partial charge on any atom is -0.356 e. The third-order valence-electron chi connectivity index (χ3n) is 2.36. The van der Waals surface area contributed by atoms with Gasteiger partial charge in [0.05, 0.1) is 11.4 Å². The molecule has 82 valence electrons. The number of carbonyl (C=O) groups is 2. The normalized spacial score (nSPS) is 10.4. The highest BCUT2D eigenvalue weighted by Crippen LogP contribution is 2.07. The molecule has 0 bridgehead atoms. The first kappa shape index (κ1) is 10.4. The van der Waals surface area contributed by atoms with Crippen LogP contribution in [0.15, 0.2) is 24.3 Å². The Bertz CT molecular complexity index is 499. The highest BCUT2D eigenvalue weighted by molar-refractivity contribution is 6.48. The van der Waals surface area contributed by atoms with Crippen LogP contribution in [0.5, 0.6) is 0 Å². The first-order valence-corrected chi connectivity index (χ1v) is 4.98. The smallest absolute Gasteiger partial charge is 0.251 e. The Kier molecular flexibility index (Phi) is 2.48. The Labute approximate surface area is 92.7 Å². The Balaban J connectivity index is 2.26. The van der Waals surface area contributed by atoms with E-state index in [-0.39, 0.29) is 0 Å². The van der Waals surface area contributed by atoms with E-state index in [9.17, 15) is 9.59 Å². The molecule has 0 saturated heterocycles. The zero-order chi connectivity index (χ0) is 11.7. The van der Waals surface area contributed by atoms with E-state index in [1.165, 1.54) is 0 Å². The molecule has 0 unspecified atom stereocenters. The SMILES string of the molecule is Cc1ccc(C(=O)C(=O)c2ccc(C)[nH]2)[nH]1. The molecule has 2 aromatic heterocycles. The Morgan fingerprint density at radius 3 is 1.44 bits per heavy atom. The van der Waals surface area contributed by atoms with Gasteiger partial charge in [-0.2, -0.15) is 0 Å². The van der Waals surface area contributed by atoms with Crippen LogP contribution in [0.2, 0.25) is 0 Å². The van der Waals surface area contributed by atoms with Gasteiger partial charge in [0.25, 0.3) is 11.6 Å². The molecule has 0 aromatic carbocycles. The van der Waals surface area contributed by atoms with Crippen molar-refractivity contribution in [1.82, 2.24) is 9.97 Å². The summed E-state index contributed by atoms with van der Waals surface area (Å²) < 4.78 is 0. The molecule has 0 amide bonds. The van der Waals surface area contributed by atoms with Crippen molar-refractivity contribution in [2.24, 2.45) is 0 Å². The largest absolute Gasteiger partial charge is 0.356 e. The van der Waals surface area contributed by atoms with E-state index in [4.69, 9.17) is 0 Å². The molecule has 2 heterocycles. The van der Waals surface area contributed by atoms with Crippen molar-refractivity contribution < 1.29 is 9.59 Å².